The van der Waals surface area contributed by atoms with E-state index >= 15 is 4.39 Å². The van der Waals surface area contributed by atoms with Gasteiger partial charge in [-0.05, 0) is 79.5 Å². The topological polar surface area (TPSA) is 88.2 Å². The van der Waals surface area contributed by atoms with Gasteiger partial charge >= 0.3 is 5.97 Å². The molecule has 210 valence electrons. The number of carboxylic acid groups (broad SMARTS) is 1. The van der Waals surface area contributed by atoms with E-state index in [9.17, 15) is 23.5 Å². The van der Waals surface area contributed by atoms with Gasteiger partial charge in [-0.3, -0.25) is 4.79 Å². The molecule has 0 radical (unpaired) electrons. The minimum absolute atomic E-state index is 0.0318. The van der Waals surface area contributed by atoms with Crippen LogP contribution in [0, 0.1) is 11.2 Å². The summed E-state index contributed by atoms with van der Waals surface area (Å²) >= 11 is 0. The summed E-state index contributed by atoms with van der Waals surface area (Å²) in [5.41, 5.74) is 1.55. The number of benzene rings is 2. The van der Waals surface area contributed by atoms with Gasteiger partial charge in [0.2, 0.25) is 0 Å². The molecule has 2 atom stereocenters. The molecule has 0 saturated heterocycles. The van der Waals surface area contributed by atoms with Gasteiger partial charge in [0.15, 0.2) is 0 Å². The minimum atomic E-state index is -2.81. The van der Waals surface area contributed by atoms with Crippen LogP contribution in [0.2, 0.25) is 0 Å². The lowest BCUT2D eigenvalue weighted by molar-refractivity contribution is -0.0620. The van der Waals surface area contributed by atoms with Crippen molar-refractivity contribution >= 4 is 27.8 Å². The SMILES string of the molecule is CC(F)(F)C12CCCCc3ccc(Cn4c(C(=O)O)c(-c5ccc[nH]c5=O)c5c6occc6c(F)cc54)cc3C1C2. The molecular weight excluding hydrogens is 533 g/mol. The van der Waals surface area contributed by atoms with Gasteiger partial charge in [-0.1, -0.05) is 24.6 Å². The Morgan fingerprint density at radius 3 is 2.80 bits per heavy atom. The van der Waals surface area contributed by atoms with Gasteiger partial charge in [0.1, 0.15) is 17.1 Å². The van der Waals surface area contributed by atoms with E-state index in [-0.39, 0.29) is 45.8 Å². The first kappa shape index (κ1) is 25.7. The smallest absolute Gasteiger partial charge is 0.353 e. The Balaban J connectivity index is 1.45. The van der Waals surface area contributed by atoms with E-state index in [1.165, 1.54) is 35.2 Å². The normalized spacial score (nSPS) is 20.4. The Bertz CT molecular complexity index is 1930. The second kappa shape index (κ2) is 8.86. The Morgan fingerprint density at radius 2 is 2.05 bits per heavy atom. The number of furan rings is 1. The summed E-state index contributed by atoms with van der Waals surface area (Å²) in [7, 11) is 0. The molecule has 2 aromatic carbocycles. The van der Waals surface area contributed by atoms with Crippen LogP contribution in [0.4, 0.5) is 13.2 Å². The molecule has 2 aliphatic rings. The van der Waals surface area contributed by atoms with Crippen LogP contribution < -0.4 is 5.56 Å². The van der Waals surface area contributed by atoms with Gasteiger partial charge in [0.05, 0.1) is 28.1 Å². The maximum Gasteiger partial charge on any atom is 0.353 e. The molecule has 1 saturated carbocycles. The number of pyridine rings is 1. The summed E-state index contributed by atoms with van der Waals surface area (Å²) in [6.07, 6.45) is 6.05. The summed E-state index contributed by atoms with van der Waals surface area (Å²) in [6, 6.07) is 11.6. The highest BCUT2D eigenvalue weighted by Crippen LogP contribution is 2.70. The molecule has 6 nitrogen and oxygen atoms in total. The third kappa shape index (κ3) is 3.78. The zero-order chi connectivity index (χ0) is 28.7. The predicted molar refractivity (Wildman–Crippen MR) is 148 cm³/mol. The van der Waals surface area contributed by atoms with Crippen molar-refractivity contribution in [3.8, 4) is 11.1 Å². The number of halogens is 3. The van der Waals surface area contributed by atoms with E-state index in [0.29, 0.717) is 23.8 Å². The van der Waals surface area contributed by atoms with E-state index in [0.717, 1.165) is 37.3 Å². The van der Waals surface area contributed by atoms with Crippen LogP contribution in [0.15, 0.2) is 64.1 Å². The number of nitrogens with zero attached hydrogens (tertiary/aromatic N) is 1. The zero-order valence-corrected chi connectivity index (χ0v) is 22.3. The number of aromatic nitrogens is 2. The van der Waals surface area contributed by atoms with Crippen LogP contribution in [0.5, 0.6) is 0 Å². The van der Waals surface area contributed by atoms with Crippen molar-refractivity contribution in [2.24, 2.45) is 5.41 Å². The van der Waals surface area contributed by atoms with Gasteiger partial charge < -0.3 is 19.1 Å². The molecule has 3 aromatic heterocycles. The number of hydrogen-bond donors (Lipinski definition) is 2. The van der Waals surface area contributed by atoms with Crippen molar-refractivity contribution in [2.75, 3.05) is 0 Å². The lowest BCUT2D eigenvalue weighted by Gasteiger charge is -2.27. The molecule has 0 amide bonds. The van der Waals surface area contributed by atoms with E-state index < -0.39 is 28.7 Å². The van der Waals surface area contributed by atoms with Gasteiger partial charge in [0, 0.05) is 23.7 Å². The van der Waals surface area contributed by atoms with Crippen molar-refractivity contribution in [3.05, 3.63) is 93.5 Å². The Labute approximate surface area is 232 Å². The van der Waals surface area contributed by atoms with Crippen LogP contribution in [-0.4, -0.2) is 26.5 Å². The molecule has 5 aromatic rings. The predicted octanol–water partition coefficient (Wildman–Crippen LogP) is 7.48. The Morgan fingerprint density at radius 1 is 1.22 bits per heavy atom. The standard InChI is InChI=1S/C32H27F3N2O4/c1-31(34,35)32-10-3-2-5-18-8-7-17(13-21(18)22(32)15-32)16-37-24-14-23(33)19-9-12-41-28(19)26(24)25(27(37)30(39)40)20-6-4-11-36-29(20)38/h4,6-9,11-14,22H,2-3,5,10,15-16H2,1H3,(H,36,38)(H,39,40). The van der Waals surface area contributed by atoms with Crippen molar-refractivity contribution in [3.63, 3.8) is 0 Å². The minimum Gasteiger partial charge on any atom is -0.477 e. The highest BCUT2D eigenvalue weighted by molar-refractivity contribution is 6.17. The average Bonchev–Trinajstić information content (AvgIpc) is 3.28. The quantitative estimate of drug-likeness (QED) is 0.233. The molecule has 7 rings (SSSR count). The highest BCUT2D eigenvalue weighted by atomic mass is 19.3. The molecule has 0 aliphatic heterocycles. The number of aromatic carboxylic acids is 1. The summed E-state index contributed by atoms with van der Waals surface area (Å²) in [5, 5.41) is 11.0. The lowest BCUT2D eigenvalue weighted by Crippen LogP contribution is -2.28. The number of carboxylic acids is 1. The molecule has 1 fully saturated rings. The number of hydrogen-bond acceptors (Lipinski definition) is 3. The third-order valence-corrected chi connectivity index (χ3v) is 9.20. The molecule has 0 bridgehead atoms. The van der Waals surface area contributed by atoms with Crippen LogP contribution in [0.3, 0.4) is 0 Å². The highest BCUT2D eigenvalue weighted by Gasteiger charge is 2.66. The lowest BCUT2D eigenvalue weighted by atomic mass is 9.82. The van der Waals surface area contributed by atoms with E-state index in [1.807, 2.05) is 18.2 Å². The fourth-order valence-electron chi connectivity index (χ4n) is 7.10. The first-order chi connectivity index (χ1) is 19.6. The second-order valence-corrected chi connectivity index (χ2v) is 11.5. The van der Waals surface area contributed by atoms with E-state index in [1.54, 1.807) is 6.07 Å². The largest absolute Gasteiger partial charge is 0.477 e. The number of carbonyl (C=O) groups is 1. The van der Waals surface area contributed by atoms with Crippen molar-refractivity contribution < 1.29 is 27.5 Å². The molecule has 2 N–H and O–H groups in total. The molecular formula is C32H27F3N2O4. The third-order valence-electron chi connectivity index (χ3n) is 9.20. The molecule has 3 heterocycles. The van der Waals surface area contributed by atoms with Gasteiger partial charge in [-0.2, -0.15) is 0 Å². The number of aromatic amines is 1. The summed E-state index contributed by atoms with van der Waals surface area (Å²) in [6.45, 7) is 1.05. The zero-order valence-electron chi connectivity index (χ0n) is 22.3. The van der Waals surface area contributed by atoms with Crippen LogP contribution >= 0.6 is 0 Å². The van der Waals surface area contributed by atoms with Gasteiger partial charge in [0.25, 0.3) is 11.5 Å². The number of nitrogens with one attached hydrogen (secondary N) is 1. The van der Waals surface area contributed by atoms with Gasteiger partial charge in [-0.15, -0.1) is 0 Å². The van der Waals surface area contributed by atoms with E-state index in [2.05, 4.69) is 4.98 Å². The first-order valence-electron chi connectivity index (χ1n) is 13.7. The maximum absolute atomic E-state index is 15.3. The average molecular weight is 561 g/mol. The molecule has 41 heavy (non-hydrogen) atoms. The molecule has 0 spiro atoms. The Hall–Kier alpha value is -4.27. The summed E-state index contributed by atoms with van der Waals surface area (Å²) in [4.78, 5) is 28.3. The maximum atomic E-state index is 15.3. The van der Waals surface area contributed by atoms with Gasteiger partial charge in [-0.25, -0.2) is 18.0 Å². The van der Waals surface area contributed by atoms with Crippen molar-refractivity contribution in [2.45, 2.75) is 57.4 Å². The first-order valence-corrected chi connectivity index (χ1v) is 13.7. The summed E-state index contributed by atoms with van der Waals surface area (Å²) in [5.74, 6) is -4.95. The fraction of sp³-hybridized carbons (Fsp3) is 0.312. The van der Waals surface area contributed by atoms with Crippen LogP contribution in [0.1, 0.15) is 65.7 Å². The number of alkyl halides is 2. The number of H-pyrrole nitrogens is 1. The van der Waals surface area contributed by atoms with E-state index in [4.69, 9.17) is 4.42 Å². The number of aryl methyl sites for hydroxylation is 1. The summed E-state index contributed by atoms with van der Waals surface area (Å²) < 4.78 is 52.0. The molecule has 9 heteroatoms. The Kier molecular flexibility index (Phi) is 5.55. The fourth-order valence-corrected chi connectivity index (χ4v) is 7.10. The second-order valence-electron chi connectivity index (χ2n) is 11.5. The monoisotopic (exact) mass is 560 g/mol. The number of rotatable bonds is 5. The van der Waals surface area contributed by atoms with Crippen LogP contribution in [0.25, 0.3) is 33.0 Å². The van der Waals surface area contributed by atoms with Crippen molar-refractivity contribution in [1.82, 2.24) is 9.55 Å². The molecule has 2 aliphatic carbocycles. The van der Waals surface area contributed by atoms with Crippen molar-refractivity contribution in [1.29, 1.82) is 0 Å². The molecule has 2 unspecified atom stereocenters. The van der Waals surface area contributed by atoms with Crippen LogP contribution in [-0.2, 0) is 13.0 Å². The number of fused-ring (bicyclic) bond motifs is 6.